The summed E-state index contributed by atoms with van der Waals surface area (Å²) in [7, 11) is -3.75. The summed E-state index contributed by atoms with van der Waals surface area (Å²) in [4.78, 5) is 0. The minimum absolute atomic E-state index is 0.0912. The van der Waals surface area contributed by atoms with E-state index in [1.165, 1.54) is 4.31 Å². The molecule has 0 N–H and O–H groups in total. The van der Waals surface area contributed by atoms with Gasteiger partial charge in [0.15, 0.2) is 0 Å². The number of fused-ring (bicyclic) bond motifs is 2. The molecule has 2 aliphatic rings. The normalized spacial score (nSPS) is 25.5. The Morgan fingerprint density at radius 3 is 2.34 bits per heavy atom. The first-order chi connectivity index (χ1) is 13.5. The van der Waals surface area contributed by atoms with Crippen molar-refractivity contribution in [2.75, 3.05) is 0 Å². The van der Waals surface area contributed by atoms with Crippen LogP contribution in [0.3, 0.4) is 0 Å². The highest BCUT2D eigenvalue weighted by Gasteiger charge is 2.47. The van der Waals surface area contributed by atoms with E-state index < -0.39 is 27.4 Å². The summed E-state index contributed by atoms with van der Waals surface area (Å²) < 4.78 is 57.0. The van der Waals surface area contributed by atoms with Crippen LogP contribution < -0.4 is 0 Å². The van der Waals surface area contributed by atoms with Crippen LogP contribution >= 0.6 is 0 Å². The molecule has 4 rings (SSSR count). The number of halogens is 2. The van der Waals surface area contributed by atoms with Gasteiger partial charge in [0.05, 0.1) is 17.5 Å². The molecular formula is C20H26F2N4O2S. The van der Waals surface area contributed by atoms with Crippen LogP contribution in [0.2, 0.25) is 0 Å². The zero-order chi connectivity index (χ0) is 21.0. The minimum Gasteiger partial charge on any atom is -0.249 e. The van der Waals surface area contributed by atoms with Crippen LogP contribution in [0, 0.1) is 11.6 Å². The highest BCUT2D eigenvalue weighted by molar-refractivity contribution is 7.88. The Bertz CT molecular complexity index is 1000. The van der Waals surface area contributed by atoms with Crippen LogP contribution in [-0.4, -0.2) is 39.8 Å². The smallest absolute Gasteiger partial charge is 0.218 e. The third kappa shape index (κ3) is 3.94. The van der Waals surface area contributed by atoms with Crippen molar-refractivity contribution in [2.45, 2.75) is 75.7 Å². The Hall–Kier alpha value is -1.87. The number of aromatic nitrogens is 3. The van der Waals surface area contributed by atoms with Gasteiger partial charge in [0, 0.05) is 29.3 Å². The molecule has 2 atom stereocenters. The molecule has 0 amide bonds. The zero-order valence-electron chi connectivity index (χ0n) is 16.8. The van der Waals surface area contributed by atoms with E-state index in [4.69, 9.17) is 0 Å². The van der Waals surface area contributed by atoms with E-state index in [2.05, 4.69) is 31.1 Å². The Labute approximate surface area is 170 Å². The number of benzene rings is 1. The second-order valence-electron chi connectivity index (χ2n) is 9.17. The summed E-state index contributed by atoms with van der Waals surface area (Å²) >= 11 is 0. The van der Waals surface area contributed by atoms with Crippen molar-refractivity contribution in [3.05, 3.63) is 47.3 Å². The monoisotopic (exact) mass is 424 g/mol. The fourth-order valence-electron chi connectivity index (χ4n) is 4.50. The van der Waals surface area contributed by atoms with Gasteiger partial charge in [-0.3, -0.25) is 0 Å². The van der Waals surface area contributed by atoms with Crippen LogP contribution in [0.15, 0.2) is 24.4 Å². The fraction of sp³-hybridized carbons (Fsp3) is 0.600. The molecule has 158 valence electrons. The molecule has 1 aromatic carbocycles. The van der Waals surface area contributed by atoms with Crippen molar-refractivity contribution < 1.29 is 17.2 Å². The van der Waals surface area contributed by atoms with Gasteiger partial charge in [0.2, 0.25) is 10.0 Å². The summed E-state index contributed by atoms with van der Waals surface area (Å²) in [5.41, 5.74) is 0.676. The van der Waals surface area contributed by atoms with E-state index in [1.54, 1.807) is 0 Å². The molecule has 1 aromatic heterocycles. The van der Waals surface area contributed by atoms with Gasteiger partial charge in [0.1, 0.15) is 11.6 Å². The number of hydrogen-bond donors (Lipinski definition) is 0. The Morgan fingerprint density at radius 1 is 1.10 bits per heavy atom. The first kappa shape index (κ1) is 20.4. The lowest BCUT2D eigenvalue weighted by molar-refractivity contribution is 0.183. The average molecular weight is 425 g/mol. The number of hydrogen-bond acceptors (Lipinski definition) is 4. The van der Waals surface area contributed by atoms with Crippen LogP contribution in [0.1, 0.15) is 63.8 Å². The van der Waals surface area contributed by atoms with Crippen molar-refractivity contribution >= 4 is 10.0 Å². The predicted molar refractivity (Wildman–Crippen MR) is 105 cm³/mol. The molecule has 2 saturated heterocycles. The maximum atomic E-state index is 14.0. The quantitative estimate of drug-likeness (QED) is 0.753. The number of nitrogens with zero attached hydrogens (tertiary/aromatic N) is 4. The Kier molecular flexibility index (Phi) is 5.01. The van der Waals surface area contributed by atoms with E-state index in [-0.39, 0.29) is 29.1 Å². The van der Waals surface area contributed by atoms with Crippen LogP contribution in [0.25, 0.3) is 0 Å². The maximum absolute atomic E-state index is 14.0. The van der Waals surface area contributed by atoms with E-state index in [9.17, 15) is 17.2 Å². The highest BCUT2D eigenvalue weighted by Crippen LogP contribution is 2.43. The molecule has 0 spiro atoms. The number of piperidine rings is 1. The molecule has 2 unspecified atom stereocenters. The van der Waals surface area contributed by atoms with Crippen molar-refractivity contribution in [1.82, 2.24) is 19.3 Å². The van der Waals surface area contributed by atoms with Crippen LogP contribution in [0.5, 0.6) is 0 Å². The lowest BCUT2D eigenvalue weighted by Gasteiger charge is -2.37. The number of rotatable bonds is 4. The van der Waals surface area contributed by atoms with E-state index in [0.29, 0.717) is 12.8 Å². The predicted octanol–water partition coefficient (Wildman–Crippen LogP) is 3.55. The topological polar surface area (TPSA) is 68.1 Å². The molecule has 0 saturated carbocycles. The van der Waals surface area contributed by atoms with Crippen molar-refractivity contribution in [1.29, 1.82) is 0 Å². The summed E-state index contributed by atoms with van der Waals surface area (Å²) in [5, 5.41) is 8.57. The van der Waals surface area contributed by atoms with Crippen molar-refractivity contribution in [3.8, 4) is 0 Å². The molecule has 9 heteroatoms. The van der Waals surface area contributed by atoms with Gasteiger partial charge < -0.3 is 0 Å². The van der Waals surface area contributed by atoms with Crippen LogP contribution in [-0.2, 0) is 21.2 Å². The minimum atomic E-state index is -3.75. The Balaban J connectivity index is 1.53. The molecule has 6 nitrogen and oxygen atoms in total. The summed E-state index contributed by atoms with van der Waals surface area (Å²) in [6.45, 7) is 6.23. The Morgan fingerprint density at radius 2 is 1.76 bits per heavy atom. The van der Waals surface area contributed by atoms with Gasteiger partial charge in [-0.15, -0.1) is 5.10 Å². The lowest BCUT2D eigenvalue weighted by Crippen LogP contribution is -2.47. The first-order valence-corrected chi connectivity index (χ1v) is 11.5. The molecule has 2 aromatic rings. The zero-order valence-corrected chi connectivity index (χ0v) is 17.7. The lowest BCUT2D eigenvalue weighted by atomic mass is 9.93. The molecule has 29 heavy (non-hydrogen) atoms. The largest absolute Gasteiger partial charge is 0.249 e. The summed E-state index contributed by atoms with van der Waals surface area (Å²) in [5.74, 6) is -1.86. The summed E-state index contributed by atoms with van der Waals surface area (Å²) in [6, 6.07) is 2.72. The SMILES string of the molecule is CC(C)(C)c1cn(C2CC3CCC(C2)N3S(=O)(=O)Cc2cc(F)ccc2F)nn1. The standard InChI is InChI=1S/C20H26F2N4O2S/c1-20(2,3)19-11-25(24-23-19)17-9-15-5-6-16(10-17)26(15)29(27,28)12-13-8-14(21)4-7-18(13)22/h4,7-8,11,15-17H,5-6,9-10,12H2,1-3H3. The average Bonchev–Trinajstić information content (AvgIpc) is 3.22. The first-order valence-electron chi connectivity index (χ1n) is 9.92. The summed E-state index contributed by atoms with van der Waals surface area (Å²) in [6.07, 6.45) is 4.79. The second kappa shape index (κ2) is 7.12. The fourth-order valence-corrected chi connectivity index (χ4v) is 6.55. The second-order valence-corrected chi connectivity index (χ2v) is 11.0. The van der Waals surface area contributed by atoms with Crippen molar-refractivity contribution in [3.63, 3.8) is 0 Å². The van der Waals surface area contributed by atoms with Crippen molar-refractivity contribution in [2.24, 2.45) is 0 Å². The van der Waals surface area contributed by atoms with E-state index >= 15 is 0 Å². The van der Waals surface area contributed by atoms with Gasteiger partial charge in [-0.05, 0) is 43.9 Å². The molecule has 0 aliphatic carbocycles. The molecule has 2 bridgehead atoms. The van der Waals surface area contributed by atoms with Gasteiger partial charge in [-0.2, -0.15) is 4.31 Å². The van der Waals surface area contributed by atoms with Gasteiger partial charge >= 0.3 is 0 Å². The molecule has 3 heterocycles. The van der Waals surface area contributed by atoms with E-state index in [1.807, 2.05) is 10.9 Å². The third-order valence-electron chi connectivity index (χ3n) is 5.96. The third-order valence-corrected chi connectivity index (χ3v) is 7.88. The maximum Gasteiger partial charge on any atom is 0.218 e. The number of sulfonamides is 1. The van der Waals surface area contributed by atoms with Gasteiger partial charge in [-0.1, -0.05) is 26.0 Å². The molecule has 0 radical (unpaired) electrons. The molecule has 2 aliphatic heterocycles. The molecule has 2 fully saturated rings. The molecular weight excluding hydrogens is 398 g/mol. The van der Waals surface area contributed by atoms with Gasteiger partial charge in [0.25, 0.3) is 0 Å². The van der Waals surface area contributed by atoms with Gasteiger partial charge in [-0.25, -0.2) is 21.9 Å². The van der Waals surface area contributed by atoms with Crippen LogP contribution in [0.4, 0.5) is 8.78 Å². The highest BCUT2D eigenvalue weighted by atomic mass is 32.2. The van der Waals surface area contributed by atoms with E-state index in [0.717, 1.165) is 36.7 Å².